The van der Waals surface area contributed by atoms with Crippen LogP contribution < -0.4 is 9.80 Å². The van der Waals surface area contributed by atoms with Crippen molar-refractivity contribution in [1.29, 1.82) is 0 Å². The molecule has 0 fully saturated rings. The number of benzene rings is 9. The highest BCUT2D eigenvalue weighted by atomic mass is 15.2. The average Bonchev–Trinajstić information content (AvgIpc) is 3.98. The average molecular weight is 977 g/mol. The van der Waals surface area contributed by atoms with Crippen LogP contribution in [0.15, 0.2) is 219 Å². The zero-order valence-corrected chi connectivity index (χ0v) is 42.4. The molecule has 9 aromatic carbocycles. The number of aromatic nitrogens is 6. The normalized spacial score (nSPS) is 14.5. The molecule has 0 amide bonds. The lowest BCUT2D eigenvalue weighted by Crippen LogP contribution is -2.30. The Morgan fingerprint density at radius 3 is 1.00 bits per heavy atom. The summed E-state index contributed by atoms with van der Waals surface area (Å²) in [6, 6.07) is 70.9. The van der Waals surface area contributed by atoms with Crippen LogP contribution in [0, 0.1) is 0 Å². The monoisotopic (exact) mass is 976 g/mol. The summed E-state index contributed by atoms with van der Waals surface area (Å²) >= 11 is 0. The minimum absolute atomic E-state index is 0.143. The highest BCUT2D eigenvalue weighted by Gasteiger charge is 2.38. The van der Waals surface area contributed by atoms with E-state index in [9.17, 15) is 0 Å². The molecule has 16 rings (SSSR count). The topological polar surface area (TPSA) is 67.9 Å². The van der Waals surface area contributed by atoms with Gasteiger partial charge in [0.15, 0.2) is 0 Å². The fourth-order valence-electron chi connectivity index (χ4n) is 13.3. The zero-order valence-electron chi connectivity index (χ0n) is 42.4. The highest BCUT2D eigenvalue weighted by Crippen LogP contribution is 2.54. The van der Waals surface area contributed by atoms with Gasteiger partial charge in [0, 0.05) is 66.9 Å². The van der Waals surface area contributed by atoms with E-state index in [2.05, 4.69) is 241 Å². The predicted octanol–water partition coefficient (Wildman–Crippen LogP) is 17.1. The second-order valence-corrected chi connectivity index (χ2v) is 21.5. The summed E-state index contributed by atoms with van der Waals surface area (Å²) in [6.07, 6.45) is 7.54. The molecule has 0 radical (unpaired) electrons. The van der Waals surface area contributed by atoms with Crippen LogP contribution in [0.2, 0.25) is 0 Å². The van der Waals surface area contributed by atoms with Crippen molar-refractivity contribution in [1.82, 2.24) is 29.1 Å². The number of pyridine rings is 2. The summed E-state index contributed by atoms with van der Waals surface area (Å²) in [5, 5.41) is 6.46. The molecule has 2 aliphatic rings. The SMILES string of the molecule is CC1(C)c2ccccc2N(c2ccc3c(c2)c2ccccc2n3-c2cnc3c(c2)c2nccnc2c2cc(-n4c5ccccc5c5cc(N6c7ccccc7C(C)(C)c7ccccc76)ccc54)cnc23)c2ccccc21. The van der Waals surface area contributed by atoms with E-state index in [0.717, 1.165) is 88.4 Å². The summed E-state index contributed by atoms with van der Waals surface area (Å²) in [6.45, 7) is 9.33. The molecule has 8 nitrogen and oxygen atoms in total. The van der Waals surface area contributed by atoms with Crippen molar-refractivity contribution < 1.29 is 0 Å². The molecule has 0 spiro atoms. The van der Waals surface area contributed by atoms with E-state index < -0.39 is 0 Å². The first kappa shape index (κ1) is 42.8. The number of rotatable bonds is 4. The van der Waals surface area contributed by atoms with Gasteiger partial charge in [-0.15, -0.1) is 0 Å². The molecular formula is C68H48N8. The van der Waals surface area contributed by atoms with E-state index in [1.165, 1.54) is 55.8 Å². The number of anilines is 6. The van der Waals surface area contributed by atoms with Crippen molar-refractivity contribution in [2.45, 2.75) is 38.5 Å². The van der Waals surface area contributed by atoms with Gasteiger partial charge in [-0.3, -0.25) is 19.9 Å². The maximum atomic E-state index is 5.30. The molecule has 0 N–H and O–H groups in total. The molecule has 76 heavy (non-hydrogen) atoms. The van der Waals surface area contributed by atoms with Crippen molar-refractivity contribution in [3.05, 3.63) is 241 Å². The third-order valence-corrected chi connectivity index (χ3v) is 16.8. The first-order valence-electron chi connectivity index (χ1n) is 26.1. The summed E-state index contributed by atoms with van der Waals surface area (Å²) in [4.78, 5) is 25.6. The first-order chi connectivity index (χ1) is 37.2. The smallest absolute Gasteiger partial charge is 0.0989 e. The third kappa shape index (κ3) is 5.78. The Morgan fingerprint density at radius 1 is 0.289 bits per heavy atom. The molecule has 0 bridgehead atoms. The van der Waals surface area contributed by atoms with Gasteiger partial charge in [0.1, 0.15) is 0 Å². The third-order valence-electron chi connectivity index (χ3n) is 16.8. The summed E-state index contributed by atoms with van der Waals surface area (Å²) in [5.41, 5.74) is 21.4. The second kappa shape index (κ2) is 15.4. The van der Waals surface area contributed by atoms with Gasteiger partial charge in [0.05, 0.1) is 90.7 Å². The van der Waals surface area contributed by atoms with Crippen LogP contribution in [-0.2, 0) is 10.8 Å². The standard InChI is InChI=1S/C68H48N8/c1-67(2)51-19-7-13-25-59(51)73(60-26-14-8-20-52(60)67)41-29-31-57-47(35-41)45-17-5-11-23-55(45)75(57)43-37-49-63-64(70-34-33-69-63)50-38-44(40-72-66(50)65(49)71-39-43)76-56-24-12-6-18-46(56)48-36-42(30-32-58(48)76)74-61-27-15-9-21-53(61)68(3,4)54-22-10-16-28-62(54)74/h5-40H,1-4H3. The van der Waals surface area contributed by atoms with Crippen molar-refractivity contribution in [2.75, 3.05) is 9.80 Å². The van der Waals surface area contributed by atoms with E-state index in [1.54, 1.807) is 12.4 Å². The van der Waals surface area contributed by atoms with Crippen LogP contribution in [0.3, 0.4) is 0 Å². The molecule has 2 aliphatic heterocycles. The summed E-state index contributed by atoms with van der Waals surface area (Å²) in [5.74, 6) is 0. The summed E-state index contributed by atoms with van der Waals surface area (Å²) < 4.78 is 4.67. The lowest BCUT2D eigenvalue weighted by atomic mass is 9.73. The Labute approximate surface area is 438 Å². The van der Waals surface area contributed by atoms with Crippen LogP contribution in [0.1, 0.15) is 49.9 Å². The lowest BCUT2D eigenvalue weighted by Gasteiger charge is -2.42. The Balaban J connectivity index is 0.842. The number of nitrogens with zero attached hydrogens (tertiary/aromatic N) is 8. The fraction of sp³-hybridized carbons (Fsp3) is 0.0882. The van der Waals surface area contributed by atoms with E-state index in [1.807, 2.05) is 12.4 Å². The zero-order chi connectivity index (χ0) is 50.6. The van der Waals surface area contributed by atoms with Gasteiger partial charge in [-0.1, -0.05) is 137 Å². The molecule has 0 saturated heterocycles. The minimum atomic E-state index is -0.143. The Hall–Kier alpha value is -9.66. The van der Waals surface area contributed by atoms with Crippen LogP contribution >= 0.6 is 0 Å². The van der Waals surface area contributed by atoms with Crippen molar-refractivity contribution in [2.24, 2.45) is 0 Å². The maximum Gasteiger partial charge on any atom is 0.0989 e. The van der Waals surface area contributed by atoms with Crippen molar-refractivity contribution in [3.8, 4) is 11.4 Å². The number of hydrogen-bond donors (Lipinski definition) is 0. The van der Waals surface area contributed by atoms with E-state index in [0.29, 0.717) is 0 Å². The van der Waals surface area contributed by atoms with Crippen LogP contribution in [0.4, 0.5) is 34.1 Å². The van der Waals surface area contributed by atoms with Crippen molar-refractivity contribution >= 4 is 111 Å². The molecule has 8 heteroatoms. The van der Waals surface area contributed by atoms with Gasteiger partial charge in [-0.05, 0) is 107 Å². The van der Waals surface area contributed by atoms with E-state index in [4.69, 9.17) is 19.9 Å². The van der Waals surface area contributed by atoms with Gasteiger partial charge in [-0.25, -0.2) is 0 Å². The quantitative estimate of drug-likeness (QED) is 0.164. The molecule has 0 aliphatic carbocycles. The molecule has 360 valence electrons. The Morgan fingerprint density at radius 2 is 0.605 bits per heavy atom. The van der Waals surface area contributed by atoms with Gasteiger partial charge in [0.2, 0.25) is 0 Å². The molecule has 0 atom stereocenters. The second-order valence-electron chi connectivity index (χ2n) is 21.5. The molecule has 0 unspecified atom stereocenters. The first-order valence-corrected chi connectivity index (χ1v) is 26.1. The van der Waals surface area contributed by atoms with E-state index >= 15 is 0 Å². The van der Waals surface area contributed by atoms with Crippen molar-refractivity contribution in [3.63, 3.8) is 0 Å². The molecule has 0 saturated carbocycles. The lowest BCUT2D eigenvalue weighted by molar-refractivity contribution is 0.632. The van der Waals surface area contributed by atoms with Crippen LogP contribution in [-0.4, -0.2) is 29.1 Å². The molecular weight excluding hydrogens is 929 g/mol. The molecule has 5 aromatic heterocycles. The number of para-hydroxylation sites is 6. The maximum absolute atomic E-state index is 5.30. The van der Waals surface area contributed by atoms with Gasteiger partial charge < -0.3 is 18.9 Å². The molecule has 14 aromatic rings. The number of fused-ring (bicyclic) bond motifs is 16. The fourth-order valence-corrected chi connectivity index (χ4v) is 13.3. The minimum Gasteiger partial charge on any atom is -0.310 e. The van der Waals surface area contributed by atoms with Gasteiger partial charge >= 0.3 is 0 Å². The van der Waals surface area contributed by atoms with E-state index in [-0.39, 0.29) is 10.8 Å². The predicted molar refractivity (Wildman–Crippen MR) is 312 cm³/mol. The van der Waals surface area contributed by atoms with Crippen LogP contribution in [0.25, 0.3) is 87.8 Å². The Kier molecular flexibility index (Phi) is 8.70. The molecule has 7 heterocycles. The highest BCUT2D eigenvalue weighted by molar-refractivity contribution is 6.21. The van der Waals surface area contributed by atoms with Gasteiger partial charge in [0.25, 0.3) is 0 Å². The van der Waals surface area contributed by atoms with Gasteiger partial charge in [-0.2, -0.15) is 0 Å². The number of hydrogen-bond acceptors (Lipinski definition) is 6. The summed E-state index contributed by atoms with van der Waals surface area (Å²) in [7, 11) is 0. The largest absolute Gasteiger partial charge is 0.310 e. The van der Waals surface area contributed by atoms with Crippen LogP contribution in [0.5, 0.6) is 0 Å². The Bertz CT molecular complexity index is 4390.